The van der Waals surface area contributed by atoms with Gasteiger partial charge in [0.25, 0.3) is 0 Å². The Morgan fingerprint density at radius 3 is 2.43 bits per heavy atom. The van der Waals surface area contributed by atoms with E-state index in [0.717, 1.165) is 0 Å². The molecule has 0 amide bonds. The predicted molar refractivity (Wildman–Crippen MR) is 46.7 cm³/mol. The molecule has 0 saturated heterocycles. The lowest BCUT2D eigenvalue weighted by molar-refractivity contribution is -0.137. The maximum Gasteiger partial charge on any atom is 0.694 e. The van der Waals surface area contributed by atoms with E-state index in [1.54, 1.807) is 0 Å². The van der Waals surface area contributed by atoms with Crippen LogP contribution in [0.25, 0.3) is 0 Å². The summed E-state index contributed by atoms with van der Waals surface area (Å²) in [6.07, 6.45) is -1.51. The molecule has 0 aliphatic heterocycles. The molecule has 0 bridgehead atoms. The first-order valence-corrected chi connectivity index (χ1v) is 5.13. The molecule has 80 valence electrons. The standard InChI is InChI=1S/C7H11O6P/c1-2-6(9)7(10)3-5(8)4-13-14(11)12/h5,8H,2-4H2,1H3/p+1/t5-/m1/s1. The molecule has 0 radical (unpaired) electrons. The van der Waals surface area contributed by atoms with Crippen molar-refractivity contribution in [2.75, 3.05) is 6.61 Å². The van der Waals surface area contributed by atoms with Crippen LogP contribution in [0.2, 0.25) is 0 Å². The molecular formula is C7H12O6P+. The molecule has 0 aromatic rings. The van der Waals surface area contributed by atoms with Gasteiger partial charge in [0.05, 0.1) is 6.10 Å². The molecule has 1 unspecified atom stereocenters. The number of ketones is 2. The molecule has 7 heteroatoms. The van der Waals surface area contributed by atoms with Crippen molar-refractivity contribution in [2.24, 2.45) is 0 Å². The van der Waals surface area contributed by atoms with E-state index in [2.05, 4.69) is 4.52 Å². The maximum atomic E-state index is 10.9. The molecule has 0 fully saturated rings. The first-order valence-electron chi connectivity index (χ1n) is 4.00. The van der Waals surface area contributed by atoms with E-state index in [4.69, 9.17) is 10.00 Å². The van der Waals surface area contributed by atoms with Gasteiger partial charge >= 0.3 is 8.25 Å². The number of aliphatic hydroxyl groups is 1. The van der Waals surface area contributed by atoms with Gasteiger partial charge in [-0.1, -0.05) is 6.92 Å². The summed E-state index contributed by atoms with van der Waals surface area (Å²) in [6, 6.07) is 0. The van der Waals surface area contributed by atoms with Crippen molar-refractivity contribution in [3.8, 4) is 0 Å². The zero-order chi connectivity index (χ0) is 11.1. The van der Waals surface area contributed by atoms with Crippen LogP contribution in [0, 0.1) is 0 Å². The minimum absolute atomic E-state index is 0.0840. The topological polar surface area (TPSA) is 101 Å². The lowest BCUT2D eigenvalue weighted by Gasteiger charge is -2.03. The smallest absolute Gasteiger partial charge is 0.390 e. The van der Waals surface area contributed by atoms with Crippen LogP contribution in [0.1, 0.15) is 19.8 Å². The minimum Gasteiger partial charge on any atom is -0.390 e. The molecule has 14 heavy (non-hydrogen) atoms. The average Bonchev–Trinajstić information content (AvgIpc) is 2.13. The van der Waals surface area contributed by atoms with Crippen LogP contribution in [-0.4, -0.2) is 34.3 Å². The Morgan fingerprint density at radius 2 is 2.00 bits per heavy atom. The normalized spacial score (nSPS) is 13.5. The molecule has 0 rings (SSSR count). The van der Waals surface area contributed by atoms with Gasteiger partial charge in [-0.3, -0.25) is 9.59 Å². The van der Waals surface area contributed by atoms with Crippen molar-refractivity contribution in [1.82, 2.24) is 0 Å². The number of hydrogen-bond donors (Lipinski definition) is 2. The van der Waals surface area contributed by atoms with E-state index in [-0.39, 0.29) is 12.8 Å². The molecular weight excluding hydrogens is 211 g/mol. The highest BCUT2D eigenvalue weighted by Crippen LogP contribution is 2.15. The fourth-order valence-electron chi connectivity index (χ4n) is 0.734. The van der Waals surface area contributed by atoms with Crippen molar-refractivity contribution < 1.29 is 28.7 Å². The zero-order valence-corrected chi connectivity index (χ0v) is 8.57. The second kappa shape index (κ2) is 6.73. The molecule has 0 aromatic heterocycles. The summed E-state index contributed by atoms with van der Waals surface area (Å²) in [5, 5.41) is 9.08. The molecule has 2 atom stereocenters. The molecule has 6 nitrogen and oxygen atoms in total. The largest absolute Gasteiger partial charge is 0.694 e. The number of aliphatic hydroxyl groups excluding tert-OH is 1. The Labute approximate surface area is 81.8 Å². The van der Waals surface area contributed by atoms with Crippen LogP contribution < -0.4 is 0 Å². The van der Waals surface area contributed by atoms with E-state index in [1.165, 1.54) is 6.92 Å². The van der Waals surface area contributed by atoms with Crippen molar-refractivity contribution in [2.45, 2.75) is 25.9 Å². The van der Waals surface area contributed by atoms with Crippen molar-refractivity contribution >= 4 is 19.8 Å². The Morgan fingerprint density at radius 1 is 1.43 bits per heavy atom. The predicted octanol–water partition coefficient (Wildman–Crippen LogP) is -0.0481. The Kier molecular flexibility index (Phi) is 6.40. The maximum absolute atomic E-state index is 10.9. The molecule has 0 aliphatic rings. The van der Waals surface area contributed by atoms with E-state index < -0.39 is 32.5 Å². The number of carbonyl (C=O) groups is 2. The molecule has 2 N–H and O–H groups in total. The molecule has 0 aromatic carbocycles. The van der Waals surface area contributed by atoms with Gasteiger partial charge in [-0.05, 0) is 0 Å². The summed E-state index contributed by atoms with van der Waals surface area (Å²) in [7, 11) is -2.78. The van der Waals surface area contributed by atoms with Gasteiger partial charge in [0.1, 0.15) is 6.61 Å². The third-order valence-electron chi connectivity index (χ3n) is 1.43. The second-order valence-electron chi connectivity index (χ2n) is 2.59. The monoisotopic (exact) mass is 223 g/mol. The van der Waals surface area contributed by atoms with Crippen LogP contribution in [0.3, 0.4) is 0 Å². The van der Waals surface area contributed by atoms with Crippen molar-refractivity contribution in [3.05, 3.63) is 0 Å². The summed E-state index contributed by atoms with van der Waals surface area (Å²) in [4.78, 5) is 29.9. The fraction of sp³-hybridized carbons (Fsp3) is 0.714. The summed E-state index contributed by atoms with van der Waals surface area (Å²) in [6.45, 7) is 1.10. The lowest BCUT2D eigenvalue weighted by Crippen LogP contribution is -2.23. The summed E-state index contributed by atoms with van der Waals surface area (Å²) in [5.41, 5.74) is 0. The fourth-order valence-corrected chi connectivity index (χ4v) is 1.03. The number of hydrogen-bond acceptors (Lipinski definition) is 5. The van der Waals surface area contributed by atoms with Gasteiger partial charge in [0.2, 0.25) is 5.78 Å². The third kappa shape index (κ3) is 5.88. The van der Waals surface area contributed by atoms with Crippen molar-refractivity contribution in [3.63, 3.8) is 0 Å². The van der Waals surface area contributed by atoms with E-state index in [1.807, 2.05) is 0 Å². The molecule has 0 spiro atoms. The molecule has 0 saturated carbocycles. The van der Waals surface area contributed by atoms with Crippen LogP contribution in [0.4, 0.5) is 0 Å². The van der Waals surface area contributed by atoms with E-state index in [0.29, 0.717) is 0 Å². The zero-order valence-electron chi connectivity index (χ0n) is 7.67. The van der Waals surface area contributed by atoms with Crippen LogP contribution >= 0.6 is 8.25 Å². The van der Waals surface area contributed by atoms with Crippen LogP contribution in [-0.2, 0) is 18.7 Å². The van der Waals surface area contributed by atoms with Crippen LogP contribution in [0.15, 0.2) is 0 Å². The Bertz CT molecular complexity index is 238. The molecule has 0 aliphatic carbocycles. The number of rotatable bonds is 7. The number of Topliss-reactive ketones (excluding diaryl/α,β-unsaturated/α-hetero) is 2. The molecule has 0 heterocycles. The summed E-state index contributed by atoms with van der Waals surface area (Å²) >= 11 is 0. The first-order chi connectivity index (χ1) is 6.47. The van der Waals surface area contributed by atoms with E-state index >= 15 is 0 Å². The Hall–Kier alpha value is -0.680. The van der Waals surface area contributed by atoms with E-state index in [9.17, 15) is 14.2 Å². The summed E-state index contributed by atoms with van der Waals surface area (Å²) < 4.78 is 14.2. The highest BCUT2D eigenvalue weighted by atomic mass is 31.1. The van der Waals surface area contributed by atoms with Gasteiger partial charge in [0, 0.05) is 17.4 Å². The van der Waals surface area contributed by atoms with Crippen molar-refractivity contribution in [1.29, 1.82) is 0 Å². The summed E-state index contributed by atoms with van der Waals surface area (Å²) in [5.74, 6) is -1.27. The van der Waals surface area contributed by atoms with Gasteiger partial charge < -0.3 is 5.11 Å². The van der Waals surface area contributed by atoms with Gasteiger partial charge in [0.15, 0.2) is 5.78 Å². The lowest BCUT2D eigenvalue weighted by atomic mass is 10.1. The Balaban J connectivity index is 3.82. The highest BCUT2D eigenvalue weighted by molar-refractivity contribution is 7.32. The quantitative estimate of drug-likeness (QED) is 0.463. The average molecular weight is 223 g/mol. The second-order valence-corrected chi connectivity index (χ2v) is 3.33. The third-order valence-corrected chi connectivity index (χ3v) is 1.80. The van der Waals surface area contributed by atoms with Gasteiger partial charge in [-0.25, -0.2) is 0 Å². The number of carbonyl (C=O) groups excluding carboxylic acids is 2. The van der Waals surface area contributed by atoms with Crippen LogP contribution in [0.5, 0.6) is 0 Å². The minimum atomic E-state index is -2.78. The first kappa shape index (κ1) is 13.3. The highest BCUT2D eigenvalue weighted by Gasteiger charge is 2.21. The van der Waals surface area contributed by atoms with Gasteiger partial charge in [-0.2, -0.15) is 0 Å². The van der Waals surface area contributed by atoms with Gasteiger partial charge in [-0.15, -0.1) is 9.42 Å². The SMILES string of the molecule is CCC(=O)C(=O)C[C@@H](O)CO[P+](=O)O.